The Hall–Kier alpha value is -0.450. The number of hydrogen-bond donors (Lipinski definition) is 1. The molecule has 1 aromatic heterocycles. The Balaban J connectivity index is 1.81. The van der Waals surface area contributed by atoms with Crippen LogP contribution in [-0.2, 0) is 12.8 Å². The molecule has 4 heteroatoms. The zero-order chi connectivity index (χ0) is 12.1. The van der Waals surface area contributed by atoms with Crippen LogP contribution in [0.15, 0.2) is 6.20 Å². The smallest absolute Gasteiger partial charge is 0.0943 e. The molecule has 1 N–H and O–H groups in total. The van der Waals surface area contributed by atoms with Gasteiger partial charge in [0.2, 0.25) is 0 Å². The molecule has 0 aromatic carbocycles. The van der Waals surface area contributed by atoms with E-state index in [0.29, 0.717) is 0 Å². The van der Waals surface area contributed by atoms with E-state index >= 15 is 0 Å². The minimum absolute atomic E-state index is 0.728. The van der Waals surface area contributed by atoms with E-state index in [9.17, 15) is 0 Å². The number of nitrogens with zero attached hydrogens (tertiary/aromatic N) is 2. The highest BCUT2D eigenvalue weighted by Gasteiger charge is 2.21. The summed E-state index contributed by atoms with van der Waals surface area (Å²) in [4.78, 5) is 8.48. The molecule has 1 aliphatic rings. The molecule has 96 valence electrons. The van der Waals surface area contributed by atoms with Gasteiger partial charge in [-0.1, -0.05) is 0 Å². The van der Waals surface area contributed by atoms with E-state index in [0.717, 1.165) is 19.0 Å². The van der Waals surface area contributed by atoms with Gasteiger partial charge < -0.3 is 10.2 Å². The van der Waals surface area contributed by atoms with Crippen LogP contribution in [0.4, 0.5) is 0 Å². The van der Waals surface area contributed by atoms with Gasteiger partial charge in [-0.2, -0.15) is 0 Å². The van der Waals surface area contributed by atoms with Gasteiger partial charge in [-0.05, 0) is 52.9 Å². The molecule has 2 heterocycles. The molecule has 1 aliphatic heterocycles. The number of hydrogen-bond acceptors (Lipinski definition) is 4. The molecule has 0 radical (unpaired) electrons. The molecule has 0 bridgehead atoms. The first-order chi connectivity index (χ1) is 8.29. The molecule has 0 spiro atoms. The zero-order valence-electron chi connectivity index (χ0n) is 10.9. The summed E-state index contributed by atoms with van der Waals surface area (Å²) < 4.78 is 0. The Morgan fingerprint density at radius 3 is 3.18 bits per heavy atom. The second-order valence-electron chi connectivity index (χ2n) is 4.91. The summed E-state index contributed by atoms with van der Waals surface area (Å²) in [6, 6.07) is 0.728. The van der Waals surface area contributed by atoms with Crippen LogP contribution in [0, 0.1) is 0 Å². The fourth-order valence-corrected chi connectivity index (χ4v) is 3.47. The quantitative estimate of drug-likeness (QED) is 0.785. The Morgan fingerprint density at radius 1 is 1.59 bits per heavy atom. The standard InChI is InChI=1S/C13H23N3S/c1-14-7-3-6-12-10-15-13(17-12)9-11-5-4-8-16(11)2/h10-11,14H,3-9H2,1-2H3. The Kier molecular flexibility index (Phi) is 4.95. The molecule has 17 heavy (non-hydrogen) atoms. The van der Waals surface area contributed by atoms with E-state index in [2.05, 4.69) is 28.4 Å². The topological polar surface area (TPSA) is 28.2 Å². The number of rotatable bonds is 6. The van der Waals surface area contributed by atoms with Gasteiger partial charge in [-0.25, -0.2) is 4.98 Å². The number of aromatic nitrogens is 1. The fraction of sp³-hybridized carbons (Fsp3) is 0.769. The Morgan fingerprint density at radius 2 is 2.47 bits per heavy atom. The van der Waals surface area contributed by atoms with Gasteiger partial charge in [0, 0.05) is 23.5 Å². The van der Waals surface area contributed by atoms with Gasteiger partial charge in [0.25, 0.3) is 0 Å². The zero-order valence-corrected chi connectivity index (χ0v) is 11.7. The molecule has 1 atom stereocenters. The second kappa shape index (κ2) is 6.47. The van der Waals surface area contributed by atoms with Crippen molar-refractivity contribution in [3.63, 3.8) is 0 Å². The second-order valence-corrected chi connectivity index (χ2v) is 6.11. The lowest BCUT2D eigenvalue weighted by Crippen LogP contribution is -2.26. The lowest BCUT2D eigenvalue weighted by atomic mass is 10.1. The molecule has 0 aliphatic carbocycles. The van der Waals surface area contributed by atoms with E-state index in [4.69, 9.17) is 0 Å². The third-order valence-corrected chi connectivity index (χ3v) is 4.61. The predicted octanol–water partition coefficient (Wildman–Crippen LogP) is 1.93. The lowest BCUT2D eigenvalue weighted by molar-refractivity contribution is 0.309. The van der Waals surface area contributed by atoms with Crippen LogP contribution in [0.5, 0.6) is 0 Å². The van der Waals surface area contributed by atoms with Crippen molar-refractivity contribution < 1.29 is 0 Å². The maximum atomic E-state index is 4.56. The molecule has 1 fully saturated rings. The highest BCUT2D eigenvalue weighted by atomic mass is 32.1. The lowest BCUT2D eigenvalue weighted by Gasteiger charge is -2.17. The van der Waals surface area contributed by atoms with Crippen molar-refractivity contribution in [2.75, 3.05) is 27.2 Å². The van der Waals surface area contributed by atoms with Gasteiger partial charge in [0.05, 0.1) is 5.01 Å². The summed E-state index contributed by atoms with van der Waals surface area (Å²) in [7, 11) is 4.24. The van der Waals surface area contributed by atoms with Crippen LogP contribution in [0.3, 0.4) is 0 Å². The van der Waals surface area contributed by atoms with Crippen molar-refractivity contribution >= 4 is 11.3 Å². The van der Waals surface area contributed by atoms with Crippen molar-refractivity contribution in [1.29, 1.82) is 0 Å². The average molecular weight is 253 g/mol. The maximum absolute atomic E-state index is 4.56. The van der Waals surface area contributed by atoms with E-state index in [-0.39, 0.29) is 0 Å². The number of nitrogens with one attached hydrogen (secondary N) is 1. The van der Waals surface area contributed by atoms with Crippen LogP contribution in [0.2, 0.25) is 0 Å². The third kappa shape index (κ3) is 3.76. The average Bonchev–Trinajstić information content (AvgIpc) is 2.91. The normalized spacial score (nSPS) is 21.2. The maximum Gasteiger partial charge on any atom is 0.0943 e. The van der Waals surface area contributed by atoms with Gasteiger partial charge in [-0.3, -0.25) is 0 Å². The van der Waals surface area contributed by atoms with E-state index in [1.54, 1.807) is 0 Å². The summed E-state index contributed by atoms with van der Waals surface area (Å²) in [6.45, 7) is 2.35. The Labute approximate surface area is 108 Å². The largest absolute Gasteiger partial charge is 0.320 e. The first-order valence-corrected chi connectivity index (χ1v) is 7.39. The van der Waals surface area contributed by atoms with Crippen LogP contribution >= 0.6 is 11.3 Å². The summed E-state index contributed by atoms with van der Waals surface area (Å²) >= 11 is 1.91. The predicted molar refractivity (Wildman–Crippen MR) is 73.7 cm³/mol. The molecule has 2 rings (SSSR count). The fourth-order valence-electron chi connectivity index (χ4n) is 2.44. The minimum atomic E-state index is 0.728. The number of thiazole rings is 1. The molecular weight excluding hydrogens is 230 g/mol. The molecule has 1 saturated heterocycles. The summed E-state index contributed by atoms with van der Waals surface area (Å²) in [5.74, 6) is 0. The van der Waals surface area contributed by atoms with Gasteiger partial charge in [0.15, 0.2) is 0 Å². The van der Waals surface area contributed by atoms with Crippen LogP contribution in [-0.4, -0.2) is 43.1 Å². The number of aryl methyl sites for hydroxylation is 1. The van der Waals surface area contributed by atoms with Crippen molar-refractivity contribution in [3.05, 3.63) is 16.1 Å². The number of likely N-dealkylation sites (tertiary alicyclic amines) is 1. The van der Waals surface area contributed by atoms with E-state index in [1.807, 2.05) is 18.4 Å². The molecule has 1 aromatic rings. The van der Waals surface area contributed by atoms with E-state index < -0.39 is 0 Å². The van der Waals surface area contributed by atoms with E-state index in [1.165, 1.54) is 42.1 Å². The monoisotopic (exact) mass is 253 g/mol. The van der Waals surface area contributed by atoms with Crippen LogP contribution in [0.1, 0.15) is 29.1 Å². The van der Waals surface area contributed by atoms with Gasteiger partial charge in [-0.15, -0.1) is 11.3 Å². The van der Waals surface area contributed by atoms with Crippen molar-refractivity contribution in [1.82, 2.24) is 15.2 Å². The summed E-state index contributed by atoms with van der Waals surface area (Å²) in [6.07, 6.45) is 8.28. The van der Waals surface area contributed by atoms with Crippen LogP contribution < -0.4 is 5.32 Å². The summed E-state index contributed by atoms with van der Waals surface area (Å²) in [5.41, 5.74) is 0. The molecule has 3 nitrogen and oxygen atoms in total. The third-order valence-electron chi connectivity index (χ3n) is 3.53. The highest BCUT2D eigenvalue weighted by Crippen LogP contribution is 2.22. The molecular formula is C13H23N3S. The number of likely N-dealkylation sites (N-methyl/N-ethyl adjacent to an activating group) is 1. The highest BCUT2D eigenvalue weighted by molar-refractivity contribution is 7.11. The molecule has 0 amide bonds. The van der Waals surface area contributed by atoms with Crippen molar-refractivity contribution in [3.8, 4) is 0 Å². The minimum Gasteiger partial charge on any atom is -0.320 e. The van der Waals surface area contributed by atoms with Crippen LogP contribution in [0.25, 0.3) is 0 Å². The van der Waals surface area contributed by atoms with Gasteiger partial charge in [0.1, 0.15) is 0 Å². The first-order valence-electron chi connectivity index (χ1n) is 6.58. The SMILES string of the molecule is CNCCCc1cnc(CC2CCCN2C)s1. The van der Waals surface area contributed by atoms with Crippen molar-refractivity contribution in [2.45, 2.75) is 38.1 Å². The first kappa shape index (κ1) is 13.0. The van der Waals surface area contributed by atoms with Crippen molar-refractivity contribution in [2.24, 2.45) is 0 Å². The molecule has 1 unspecified atom stereocenters. The Bertz CT molecular complexity index is 337. The van der Waals surface area contributed by atoms with Gasteiger partial charge >= 0.3 is 0 Å². The summed E-state index contributed by atoms with van der Waals surface area (Å²) in [5, 5.41) is 4.51. The molecule has 0 saturated carbocycles.